The van der Waals surface area contributed by atoms with Crippen molar-refractivity contribution in [3.05, 3.63) is 88.8 Å². The molecule has 1 saturated carbocycles. The third-order valence-corrected chi connectivity index (χ3v) is 6.44. The molecule has 1 unspecified atom stereocenters. The SMILES string of the molecule is COc1ccc(Cn2nc([C@@H]3C[C@H]3F)cc2NC(=O)C(C)c2cnn(-c3cccc(Cl)c3)c2)cc1. The summed E-state index contributed by atoms with van der Waals surface area (Å²) in [4.78, 5) is 13.2. The quantitative estimate of drug-likeness (QED) is 0.359. The van der Waals surface area contributed by atoms with Crippen LogP contribution in [0.25, 0.3) is 5.69 Å². The fraction of sp³-hybridized carbons (Fsp3) is 0.269. The molecule has 1 N–H and O–H groups in total. The predicted molar refractivity (Wildman–Crippen MR) is 132 cm³/mol. The van der Waals surface area contributed by atoms with E-state index in [0.29, 0.717) is 29.5 Å². The van der Waals surface area contributed by atoms with E-state index in [4.69, 9.17) is 16.3 Å². The number of benzene rings is 2. The Morgan fingerprint density at radius 3 is 2.71 bits per heavy atom. The minimum absolute atomic E-state index is 0.203. The summed E-state index contributed by atoms with van der Waals surface area (Å²) in [5.74, 6) is 0.412. The molecule has 5 rings (SSSR count). The van der Waals surface area contributed by atoms with Gasteiger partial charge in [0.2, 0.25) is 5.91 Å². The molecule has 35 heavy (non-hydrogen) atoms. The lowest BCUT2D eigenvalue weighted by Crippen LogP contribution is -2.21. The van der Waals surface area contributed by atoms with E-state index < -0.39 is 12.1 Å². The molecule has 0 radical (unpaired) electrons. The van der Waals surface area contributed by atoms with Crippen LogP contribution in [0.3, 0.4) is 0 Å². The van der Waals surface area contributed by atoms with Crippen molar-refractivity contribution in [1.29, 1.82) is 0 Å². The molecule has 7 nitrogen and oxygen atoms in total. The Morgan fingerprint density at radius 2 is 2.03 bits per heavy atom. The van der Waals surface area contributed by atoms with Gasteiger partial charge in [-0.3, -0.25) is 4.79 Å². The van der Waals surface area contributed by atoms with Crippen LogP contribution in [-0.4, -0.2) is 38.7 Å². The van der Waals surface area contributed by atoms with Gasteiger partial charge < -0.3 is 10.1 Å². The smallest absolute Gasteiger partial charge is 0.232 e. The number of carbonyl (C=O) groups excluding carboxylic acids is 1. The summed E-state index contributed by atoms with van der Waals surface area (Å²) in [5, 5.41) is 12.6. The summed E-state index contributed by atoms with van der Waals surface area (Å²) in [6.45, 7) is 2.25. The van der Waals surface area contributed by atoms with Crippen molar-refractivity contribution in [2.75, 3.05) is 12.4 Å². The highest BCUT2D eigenvalue weighted by Gasteiger charge is 2.41. The average molecular weight is 494 g/mol. The molecular formula is C26H25ClFN5O2. The highest BCUT2D eigenvalue weighted by atomic mass is 35.5. The van der Waals surface area contributed by atoms with Gasteiger partial charge in [0.05, 0.1) is 37.2 Å². The van der Waals surface area contributed by atoms with Crippen molar-refractivity contribution >= 4 is 23.3 Å². The highest BCUT2D eigenvalue weighted by molar-refractivity contribution is 6.30. The number of nitrogens with one attached hydrogen (secondary N) is 1. The number of alkyl halides is 1. The average Bonchev–Trinajstić information content (AvgIpc) is 3.22. The van der Waals surface area contributed by atoms with Crippen molar-refractivity contribution in [2.24, 2.45) is 0 Å². The largest absolute Gasteiger partial charge is 0.497 e. The van der Waals surface area contributed by atoms with Gasteiger partial charge in [0, 0.05) is 28.8 Å². The van der Waals surface area contributed by atoms with E-state index in [1.54, 1.807) is 40.9 Å². The third kappa shape index (κ3) is 5.07. The van der Waals surface area contributed by atoms with Crippen LogP contribution in [-0.2, 0) is 11.3 Å². The Hall–Kier alpha value is -3.65. The van der Waals surface area contributed by atoms with Crippen LogP contribution < -0.4 is 10.1 Å². The molecule has 1 amide bonds. The number of anilines is 1. The molecule has 2 aromatic heterocycles. The third-order valence-electron chi connectivity index (χ3n) is 6.20. The second kappa shape index (κ2) is 9.54. The zero-order valence-corrected chi connectivity index (χ0v) is 20.1. The molecular weight excluding hydrogens is 469 g/mol. The predicted octanol–water partition coefficient (Wildman–Crippen LogP) is 5.35. The van der Waals surface area contributed by atoms with Gasteiger partial charge in [-0.05, 0) is 49.2 Å². The maximum atomic E-state index is 13.7. The van der Waals surface area contributed by atoms with Gasteiger partial charge in [-0.15, -0.1) is 0 Å². The Labute approximate surface area is 207 Å². The van der Waals surface area contributed by atoms with Gasteiger partial charge in [0.1, 0.15) is 17.7 Å². The summed E-state index contributed by atoms with van der Waals surface area (Å²) >= 11 is 6.09. The van der Waals surface area contributed by atoms with E-state index in [0.717, 1.165) is 22.6 Å². The fourth-order valence-electron chi connectivity index (χ4n) is 3.92. The van der Waals surface area contributed by atoms with Gasteiger partial charge in [-0.25, -0.2) is 13.8 Å². The normalized spacial score (nSPS) is 17.7. The topological polar surface area (TPSA) is 74.0 Å². The number of nitrogens with zero attached hydrogens (tertiary/aromatic N) is 4. The maximum absolute atomic E-state index is 13.7. The fourth-order valence-corrected chi connectivity index (χ4v) is 4.10. The summed E-state index contributed by atoms with van der Waals surface area (Å²) in [6, 6.07) is 16.7. The first-order valence-corrected chi connectivity index (χ1v) is 11.7. The van der Waals surface area contributed by atoms with Gasteiger partial charge in [0.25, 0.3) is 0 Å². The number of hydrogen-bond donors (Lipinski definition) is 1. The number of amides is 1. The Kier molecular flexibility index (Phi) is 6.30. The van der Waals surface area contributed by atoms with Crippen molar-refractivity contribution in [3.63, 3.8) is 0 Å². The first kappa shape index (κ1) is 23.1. The molecule has 0 spiro atoms. The summed E-state index contributed by atoms with van der Waals surface area (Å²) in [7, 11) is 1.62. The monoisotopic (exact) mass is 493 g/mol. The van der Waals surface area contributed by atoms with Crippen LogP contribution in [0.15, 0.2) is 67.0 Å². The zero-order valence-electron chi connectivity index (χ0n) is 19.4. The van der Waals surface area contributed by atoms with Crippen LogP contribution in [0.1, 0.15) is 42.0 Å². The molecule has 4 aromatic rings. The lowest BCUT2D eigenvalue weighted by molar-refractivity contribution is -0.117. The van der Waals surface area contributed by atoms with E-state index in [2.05, 4.69) is 15.5 Å². The summed E-state index contributed by atoms with van der Waals surface area (Å²) in [6.07, 6.45) is 3.07. The Morgan fingerprint density at radius 1 is 1.26 bits per heavy atom. The van der Waals surface area contributed by atoms with Crippen LogP contribution in [0.2, 0.25) is 5.02 Å². The zero-order chi connectivity index (χ0) is 24.5. The number of carbonyl (C=O) groups is 1. The number of ether oxygens (including phenoxy) is 1. The van der Waals surface area contributed by atoms with Crippen molar-refractivity contribution < 1.29 is 13.9 Å². The molecule has 3 atom stereocenters. The van der Waals surface area contributed by atoms with E-state index >= 15 is 0 Å². The summed E-state index contributed by atoms with van der Waals surface area (Å²) in [5.41, 5.74) is 3.21. The molecule has 2 heterocycles. The van der Waals surface area contributed by atoms with Crippen LogP contribution >= 0.6 is 11.6 Å². The molecule has 0 aliphatic heterocycles. The summed E-state index contributed by atoms with van der Waals surface area (Å²) < 4.78 is 22.3. The molecule has 9 heteroatoms. The molecule has 0 bridgehead atoms. The molecule has 2 aromatic carbocycles. The molecule has 180 valence electrons. The Bertz CT molecular complexity index is 1350. The van der Waals surface area contributed by atoms with Crippen molar-refractivity contribution in [1.82, 2.24) is 19.6 Å². The molecule has 1 fully saturated rings. The number of hydrogen-bond acceptors (Lipinski definition) is 4. The van der Waals surface area contributed by atoms with Crippen molar-refractivity contribution in [2.45, 2.75) is 37.9 Å². The van der Waals surface area contributed by atoms with Crippen molar-refractivity contribution in [3.8, 4) is 11.4 Å². The molecule has 0 saturated heterocycles. The number of halogens is 2. The van der Waals surface area contributed by atoms with E-state index in [-0.39, 0.29) is 11.8 Å². The van der Waals surface area contributed by atoms with Gasteiger partial charge in [-0.2, -0.15) is 10.2 Å². The van der Waals surface area contributed by atoms with Crippen LogP contribution in [0.4, 0.5) is 10.2 Å². The van der Waals surface area contributed by atoms with E-state index in [1.807, 2.05) is 49.5 Å². The number of methoxy groups -OCH3 is 1. The van der Waals surface area contributed by atoms with Gasteiger partial charge in [0.15, 0.2) is 0 Å². The first-order chi connectivity index (χ1) is 16.9. The van der Waals surface area contributed by atoms with E-state index in [9.17, 15) is 9.18 Å². The second-order valence-electron chi connectivity index (χ2n) is 8.73. The standard InChI is InChI=1S/C26H25ClFN5O2/c1-16(18-13-29-32(15-18)20-5-3-4-19(27)10-20)26(34)30-25-12-24(22-11-23(22)28)31-33(25)14-17-6-8-21(35-2)9-7-17/h3-10,12-13,15-16,22-23H,11,14H2,1-2H3,(H,30,34)/t16?,22-,23-/m1/s1. The van der Waals surface area contributed by atoms with E-state index in [1.165, 1.54) is 0 Å². The molecule has 1 aliphatic carbocycles. The maximum Gasteiger partial charge on any atom is 0.232 e. The lowest BCUT2D eigenvalue weighted by Gasteiger charge is -2.13. The number of rotatable bonds is 8. The number of aromatic nitrogens is 4. The highest BCUT2D eigenvalue weighted by Crippen LogP contribution is 2.43. The molecule has 1 aliphatic rings. The lowest BCUT2D eigenvalue weighted by atomic mass is 10.0. The van der Waals surface area contributed by atoms with Gasteiger partial charge >= 0.3 is 0 Å². The van der Waals surface area contributed by atoms with Crippen LogP contribution in [0, 0.1) is 0 Å². The first-order valence-electron chi connectivity index (χ1n) is 11.4. The van der Waals surface area contributed by atoms with Crippen LogP contribution in [0.5, 0.6) is 5.75 Å². The van der Waals surface area contributed by atoms with Gasteiger partial charge in [-0.1, -0.05) is 29.8 Å². The second-order valence-corrected chi connectivity index (χ2v) is 9.16. The minimum atomic E-state index is -0.876. The minimum Gasteiger partial charge on any atom is -0.497 e. The Balaban J connectivity index is 1.34.